The minimum atomic E-state index is -0.345. The molecule has 2 aromatic rings. The number of halogens is 2. The zero-order valence-corrected chi connectivity index (χ0v) is 12.2. The van der Waals surface area contributed by atoms with Gasteiger partial charge >= 0.3 is 0 Å². The molecule has 0 fully saturated rings. The van der Waals surface area contributed by atoms with Crippen LogP contribution in [-0.4, -0.2) is 18.1 Å². The summed E-state index contributed by atoms with van der Waals surface area (Å²) in [6.45, 7) is 0.378. The molecule has 0 heterocycles. The van der Waals surface area contributed by atoms with Gasteiger partial charge in [-0.3, -0.25) is 0 Å². The van der Waals surface area contributed by atoms with E-state index >= 15 is 0 Å². The molecule has 0 spiro atoms. The zero-order chi connectivity index (χ0) is 15.4. The Kier molecular flexibility index (Phi) is 4.65. The van der Waals surface area contributed by atoms with Crippen LogP contribution in [0.1, 0.15) is 11.1 Å². The number of nitrogens with zero attached hydrogens (tertiary/aromatic N) is 2. The Morgan fingerprint density at radius 3 is 2.76 bits per heavy atom. The third-order valence-corrected chi connectivity index (χ3v) is 3.35. The van der Waals surface area contributed by atoms with Crippen molar-refractivity contribution in [2.24, 2.45) is 10.9 Å². The lowest BCUT2D eigenvalue weighted by molar-refractivity contribution is 0.318. The molecule has 0 saturated heterocycles. The first kappa shape index (κ1) is 15.1. The SMILES string of the molecule is CN(Cc1ccc(Cl)cc1F)c1cccc(/C(N)=N/O)c1. The van der Waals surface area contributed by atoms with Crippen LogP contribution in [0.25, 0.3) is 0 Å². The Bertz CT molecular complexity index is 676. The molecular formula is C15H15ClFN3O. The second-order valence-electron chi connectivity index (χ2n) is 4.63. The van der Waals surface area contributed by atoms with E-state index in [1.54, 1.807) is 30.3 Å². The van der Waals surface area contributed by atoms with Crippen molar-refractivity contribution in [1.82, 2.24) is 0 Å². The highest BCUT2D eigenvalue weighted by Crippen LogP contribution is 2.20. The number of nitrogens with two attached hydrogens (primary N) is 1. The molecule has 4 nitrogen and oxygen atoms in total. The molecule has 0 atom stereocenters. The minimum Gasteiger partial charge on any atom is -0.409 e. The first-order chi connectivity index (χ1) is 10.0. The Balaban J connectivity index is 2.22. The van der Waals surface area contributed by atoms with E-state index in [1.807, 2.05) is 18.0 Å². The fourth-order valence-corrected chi connectivity index (χ4v) is 2.12. The Labute approximate surface area is 127 Å². The molecule has 110 valence electrons. The van der Waals surface area contributed by atoms with Gasteiger partial charge in [0.2, 0.25) is 0 Å². The third kappa shape index (κ3) is 3.64. The molecule has 0 unspecified atom stereocenters. The first-order valence-corrected chi connectivity index (χ1v) is 6.62. The van der Waals surface area contributed by atoms with Crippen molar-refractivity contribution < 1.29 is 9.60 Å². The van der Waals surface area contributed by atoms with E-state index in [0.717, 1.165) is 5.69 Å². The van der Waals surface area contributed by atoms with Crippen molar-refractivity contribution in [3.05, 3.63) is 64.4 Å². The average Bonchev–Trinajstić information content (AvgIpc) is 2.49. The molecule has 0 saturated carbocycles. The molecular weight excluding hydrogens is 293 g/mol. The Hall–Kier alpha value is -2.27. The highest BCUT2D eigenvalue weighted by Gasteiger charge is 2.09. The highest BCUT2D eigenvalue weighted by molar-refractivity contribution is 6.30. The van der Waals surface area contributed by atoms with Crippen LogP contribution in [0.3, 0.4) is 0 Å². The predicted octanol–water partition coefficient (Wildman–Crippen LogP) is 3.21. The molecule has 0 aliphatic carbocycles. The van der Waals surface area contributed by atoms with E-state index in [9.17, 15) is 4.39 Å². The van der Waals surface area contributed by atoms with Crippen molar-refractivity contribution in [2.45, 2.75) is 6.54 Å². The maximum absolute atomic E-state index is 13.8. The monoisotopic (exact) mass is 307 g/mol. The quantitative estimate of drug-likeness (QED) is 0.394. The third-order valence-electron chi connectivity index (χ3n) is 3.11. The van der Waals surface area contributed by atoms with Crippen LogP contribution >= 0.6 is 11.6 Å². The summed E-state index contributed by atoms with van der Waals surface area (Å²) in [5.41, 5.74) is 7.52. The summed E-state index contributed by atoms with van der Waals surface area (Å²) < 4.78 is 13.8. The number of benzene rings is 2. The maximum atomic E-state index is 13.8. The van der Waals surface area contributed by atoms with Crippen LogP contribution in [0.5, 0.6) is 0 Å². The minimum absolute atomic E-state index is 0.0305. The van der Waals surface area contributed by atoms with Crippen molar-refractivity contribution in [2.75, 3.05) is 11.9 Å². The second-order valence-corrected chi connectivity index (χ2v) is 5.06. The number of hydrogen-bond donors (Lipinski definition) is 2. The molecule has 21 heavy (non-hydrogen) atoms. The summed E-state index contributed by atoms with van der Waals surface area (Å²) in [5.74, 6) is -0.315. The predicted molar refractivity (Wildman–Crippen MR) is 82.5 cm³/mol. The van der Waals surface area contributed by atoms with Crippen LogP contribution in [0.4, 0.5) is 10.1 Å². The second kappa shape index (κ2) is 6.45. The van der Waals surface area contributed by atoms with Gasteiger partial charge in [0.05, 0.1) is 0 Å². The fraction of sp³-hybridized carbons (Fsp3) is 0.133. The highest BCUT2D eigenvalue weighted by atomic mass is 35.5. The normalized spacial score (nSPS) is 11.5. The molecule has 0 aliphatic rings. The van der Waals surface area contributed by atoms with E-state index in [2.05, 4.69) is 5.16 Å². The van der Waals surface area contributed by atoms with Crippen molar-refractivity contribution in [1.29, 1.82) is 0 Å². The van der Waals surface area contributed by atoms with E-state index in [4.69, 9.17) is 22.5 Å². The van der Waals surface area contributed by atoms with Crippen molar-refractivity contribution in [3.8, 4) is 0 Å². The largest absolute Gasteiger partial charge is 0.409 e. The summed E-state index contributed by atoms with van der Waals surface area (Å²) >= 11 is 5.74. The summed E-state index contributed by atoms with van der Waals surface area (Å²) in [5, 5.41) is 12.0. The van der Waals surface area contributed by atoms with Gasteiger partial charge in [-0.05, 0) is 24.3 Å². The molecule has 2 aromatic carbocycles. The van der Waals surface area contributed by atoms with Crippen LogP contribution in [-0.2, 0) is 6.54 Å². The molecule has 0 aromatic heterocycles. The Morgan fingerprint density at radius 2 is 2.10 bits per heavy atom. The van der Waals surface area contributed by atoms with Gasteiger partial charge in [0.15, 0.2) is 5.84 Å². The summed E-state index contributed by atoms with van der Waals surface area (Å²) in [6.07, 6.45) is 0. The van der Waals surface area contributed by atoms with Gasteiger partial charge < -0.3 is 15.8 Å². The van der Waals surface area contributed by atoms with E-state index in [-0.39, 0.29) is 11.7 Å². The molecule has 2 rings (SSSR count). The number of amidine groups is 1. The molecule has 0 amide bonds. The molecule has 0 radical (unpaired) electrons. The van der Waals surface area contributed by atoms with E-state index in [1.165, 1.54) is 6.07 Å². The molecule has 6 heteroatoms. The maximum Gasteiger partial charge on any atom is 0.170 e. The van der Waals surface area contributed by atoms with Crippen molar-refractivity contribution >= 4 is 23.1 Å². The lowest BCUT2D eigenvalue weighted by Crippen LogP contribution is -2.19. The number of anilines is 1. The number of oxime groups is 1. The van der Waals surface area contributed by atoms with E-state index in [0.29, 0.717) is 22.7 Å². The fourth-order valence-electron chi connectivity index (χ4n) is 1.96. The van der Waals surface area contributed by atoms with Gasteiger partial charge in [0.1, 0.15) is 5.82 Å². The lowest BCUT2D eigenvalue weighted by atomic mass is 10.1. The van der Waals surface area contributed by atoms with E-state index < -0.39 is 0 Å². The number of hydrogen-bond acceptors (Lipinski definition) is 3. The summed E-state index contributed by atoms with van der Waals surface area (Å²) in [6, 6.07) is 11.7. The first-order valence-electron chi connectivity index (χ1n) is 6.24. The summed E-state index contributed by atoms with van der Waals surface area (Å²) in [4.78, 5) is 1.86. The summed E-state index contributed by atoms with van der Waals surface area (Å²) in [7, 11) is 1.83. The molecule has 0 bridgehead atoms. The van der Waals surface area contributed by atoms with Crippen LogP contribution in [0.15, 0.2) is 47.6 Å². The average molecular weight is 308 g/mol. The number of rotatable bonds is 4. The van der Waals surface area contributed by atoms with Gasteiger partial charge in [-0.1, -0.05) is 35.0 Å². The van der Waals surface area contributed by atoms with Gasteiger partial charge in [-0.25, -0.2) is 4.39 Å². The lowest BCUT2D eigenvalue weighted by Gasteiger charge is -2.20. The molecule has 3 N–H and O–H groups in total. The topological polar surface area (TPSA) is 61.8 Å². The van der Waals surface area contributed by atoms with Crippen LogP contribution in [0, 0.1) is 5.82 Å². The zero-order valence-electron chi connectivity index (χ0n) is 11.4. The van der Waals surface area contributed by atoms with Gasteiger partial charge in [-0.15, -0.1) is 0 Å². The van der Waals surface area contributed by atoms with Crippen molar-refractivity contribution in [3.63, 3.8) is 0 Å². The van der Waals surface area contributed by atoms with Gasteiger partial charge in [0, 0.05) is 35.4 Å². The smallest absolute Gasteiger partial charge is 0.170 e. The van der Waals surface area contributed by atoms with Crippen LogP contribution < -0.4 is 10.6 Å². The van der Waals surface area contributed by atoms with Crippen LogP contribution in [0.2, 0.25) is 5.02 Å². The van der Waals surface area contributed by atoms with Gasteiger partial charge in [-0.2, -0.15) is 0 Å². The Morgan fingerprint density at radius 1 is 1.33 bits per heavy atom. The molecule has 0 aliphatic heterocycles. The standard InChI is InChI=1S/C15H15ClFN3O/c1-20(9-11-5-6-12(16)8-14(11)17)13-4-2-3-10(7-13)15(18)19-21/h2-8,21H,9H2,1H3,(H2,18,19). The van der Waals surface area contributed by atoms with Gasteiger partial charge in [0.25, 0.3) is 0 Å².